The highest BCUT2D eigenvalue weighted by Crippen LogP contribution is 2.21. The normalized spacial score (nSPS) is 10.5. The summed E-state index contributed by atoms with van der Waals surface area (Å²) in [6.07, 6.45) is 1.62. The van der Waals surface area contributed by atoms with Crippen molar-refractivity contribution in [2.45, 2.75) is 13.1 Å². The number of pyridine rings is 1. The zero-order valence-electron chi connectivity index (χ0n) is 10.5. The quantitative estimate of drug-likeness (QED) is 0.931. The number of aromatic nitrogens is 1. The van der Waals surface area contributed by atoms with Crippen LogP contribution in [0.2, 0.25) is 0 Å². The van der Waals surface area contributed by atoms with Gasteiger partial charge in [0.15, 0.2) is 0 Å². The first-order valence-corrected chi connectivity index (χ1v) is 7.41. The average Bonchev–Trinajstić information content (AvgIpc) is 2.83. The molecule has 1 amide bonds. The summed E-state index contributed by atoms with van der Waals surface area (Å²) in [5.41, 5.74) is 7.98. The Labute approximate surface area is 124 Å². The third kappa shape index (κ3) is 3.62. The first-order valence-electron chi connectivity index (χ1n) is 5.73. The van der Waals surface area contributed by atoms with Crippen LogP contribution >= 0.6 is 27.3 Å². The molecule has 2 aromatic heterocycles. The first-order chi connectivity index (χ1) is 9.10. The number of carbonyl (C=O) groups excluding carboxylic acids is 1. The highest BCUT2D eigenvalue weighted by Gasteiger charge is 2.13. The van der Waals surface area contributed by atoms with Gasteiger partial charge in [0.1, 0.15) is 0 Å². The summed E-state index contributed by atoms with van der Waals surface area (Å²) >= 11 is 5.03. The van der Waals surface area contributed by atoms with Crippen LogP contribution in [0.1, 0.15) is 21.6 Å². The van der Waals surface area contributed by atoms with Crippen LogP contribution in [-0.2, 0) is 13.1 Å². The monoisotopic (exact) mass is 339 g/mol. The number of hydrogen-bond acceptors (Lipinski definition) is 4. The van der Waals surface area contributed by atoms with E-state index in [9.17, 15) is 4.79 Å². The van der Waals surface area contributed by atoms with Crippen molar-refractivity contribution in [3.05, 3.63) is 50.4 Å². The molecular formula is C13H14BrN3OS. The summed E-state index contributed by atoms with van der Waals surface area (Å²) in [5, 5.41) is 2.03. The zero-order chi connectivity index (χ0) is 13.8. The van der Waals surface area contributed by atoms with E-state index in [-0.39, 0.29) is 5.91 Å². The maximum absolute atomic E-state index is 12.3. The van der Waals surface area contributed by atoms with E-state index in [4.69, 9.17) is 5.73 Å². The van der Waals surface area contributed by atoms with E-state index < -0.39 is 0 Å². The fourth-order valence-electron chi connectivity index (χ4n) is 1.72. The third-order valence-corrected chi connectivity index (χ3v) is 4.21. The summed E-state index contributed by atoms with van der Waals surface area (Å²) in [7, 11) is 1.79. The van der Waals surface area contributed by atoms with Gasteiger partial charge in [-0.15, -0.1) is 11.3 Å². The van der Waals surface area contributed by atoms with Crippen LogP contribution in [0.15, 0.2) is 33.6 Å². The molecule has 0 atom stereocenters. The fraction of sp³-hybridized carbons (Fsp3) is 0.231. The summed E-state index contributed by atoms with van der Waals surface area (Å²) < 4.78 is 1.07. The molecule has 4 nitrogen and oxygen atoms in total. The molecule has 0 aliphatic rings. The van der Waals surface area contributed by atoms with E-state index in [0.717, 1.165) is 15.0 Å². The maximum Gasteiger partial charge on any atom is 0.254 e. The largest absolute Gasteiger partial charge is 0.337 e. The summed E-state index contributed by atoms with van der Waals surface area (Å²) in [4.78, 5) is 18.0. The lowest BCUT2D eigenvalue weighted by atomic mass is 10.2. The second-order valence-corrected chi connectivity index (χ2v) is 6.45. The molecule has 0 aliphatic heterocycles. The number of nitrogens with two attached hydrogens (primary N) is 1. The molecule has 0 unspecified atom stereocenters. The lowest BCUT2D eigenvalue weighted by Gasteiger charge is -2.16. The van der Waals surface area contributed by atoms with E-state index in [1.54, 1.807) is 41.6 Å². The molecule has 0 saturated heterocycles. The molecule has 0 saturated carbocycles. The lowest BCUT2D eigenvalue weighted by Crippen LogP contribution is -2.26. The van der Waals surface area contributed by atoms with Gasteiger partial charge in [0.05, 0.1) is 9.48 Å². The number of carbonyl (C=O) groups is 1. The molecule has 2 aromatic rings. The molecule has 0 radical (unpaired) electrons. The van der Waals surface area contributed by atoms with Gasteiger partial charge in [-0.25, -0.2) is 0 Å². The van der Waals surface area contributed by atoms with Gasteiger partial charge < -0.3 is 10.6 Å². The topological polar surface area (TPSA) is 59.2 Å². The van der Waals surface area contributed by atoms with Crippen LogP contribution in [0.25, 0.3) is 0 Å². The van der Waals surface area contributed by atoms with E-state index in [1.807, 2.05) is 11.4 Å². The molecule has 2 N–H and O–H groups in total. The molecule has 6 heteroatoms. The van der Waals surface area contributed by atoms with Crippen molar-refractivity contribution >= 4 is 33.2 Å². The van der Waals surface area contributed by atoms with E-state index in [1.165, 1.54) is 0 Å². The molecule has 2 heterocycles. The molecule has 0 fully saturated rings. The molecule has 2 rings (SSSR count). The second kappa shape index (κ2) is 6.27. The van der Waals surface area contributed by atoms with Crippen molar-refractivity contribution in [2.24, 2.45) is 5.73 Å². The predicted octanol–water partition coefficient (Wildman–Crippen LogP) is 2.64. The van der Waals surface area contributed by atoms with Crippen LogP contribution in [0.5, 0.6) is 0 Å². The average molecular weight is 340 g/mol. The van der Waals surface area contributed by atoms with Crippen LogP contribution in [0.4, 0.5) is 0 Å². The fourth-order valence-corrected chi connectivity index (χ4v) is 2.92. The molecule has 0 bridgehead atoms. The van der Waals surface area contributed by atoms with Crippen molar-refractivity contribution < 1.29 is 4.79 Å². The maximum atomic E-state index is 12.3. The van der Waals surface area contributed by atoms with Crippen LogP contribution in [0, 0.1) is 0 Å². The van der Waals surface area contributed by atoms with Crippen LogP contribution in [-0.4, -0.2) is 22.8 Å². The zero-order valence-corrected chi connectivity index (χ0v) is 12.9. The Morgan fingerprint density at radius 3 is 2.95 bits per heavy atom. The van der Waals surface area contributed by atoms with Gasteiger partial charge in [0.2, 0.25) is 0 Å². The minimum Gasteiger partial charge on any atom is -0.337 e. The van der Waals surface area contributed by atoms with Gasteiger partial charge in [-0.2, -0.15) is 0 Å². The summed E-state index contributed by atoms with van der Waals surface area (Å²) in [6.45, 7) is 0.920. The van der Waals surface area contributed by atoms with Crippen molar-refractivity contribution in [1.29, 1.82) is 0 Å². The summed E-state index contributed by atoms with van der Waals surface area (Å²) in [6, 6.07) is 5.47. The van der Waals surface area contributed by atoms with Crippen LogP contribution < -0.4 is 5.73 Å². The van der Waals surface area contributed by atoms with Crippen LogP contribution in [0.3, 0.4) is 0 Å². The van der Waals surface area contributed by atoms with Gasteiger partial charge >= 0.3 is 0 Å². The minimum absolute atomic E-state index is 0.0283. The Morgan fingerprint density at radius 2 is 2.32 bits per heavy atom. The molecule has 0 spiro atoms. The number of hydrogen-bond donors (Lipinski definition) is 1. The Morgan fingerprint density at radius 1 is 1.53 bits per heavy atom. The number of halogens is 1. The van der Waals surface area contributed by atoms with Crippen molar-refractivity contribution in [3.8, 4) is 0 Å². The standard InChI is InChI=1S/C13H14BrN3OS/c1-17(7-9-4-12(14)19-8-9)13(18)10-2-3-16-11(5-10)6-15/h2-5,8H,6-7,15H2,1H3. The highest BCUT2D eigenvalue weighted by molar-refractivity contribution is 9.11. The highest BCUT2D eigenvalue weighted by atomic mass is 79.9. The van der Waals surface area contributed by atoms with Gasteiger partial charge in [-0.1, -0.05) is 0 Å². The number of thiophene rings is 1. The Bertz CT molecular complexity index is 585. The van der Waals surface area contributed by atoms with Gasteiger partial charge in [-0.05, 0) is 45.1 Å². The predicted molar refractivity (Wildman–Crippen MR) is 79.9 cm³/mol. The van der Waals surface area contributed by atoms with Crippen molar-refractivity contribution in [3.63, 3.8) is 0 Å². The van der Waals surface area contributed by atoms with E-state index in [2.05, 4.69) is 20.9 Å². The summed E-state index contributed by atoms with van der Waals surface area (Å²) in [5.74, 6) is -0.0283. The molecule has 19 heavy (non-hydrogen) atoms. The molecule has 100 valence electrons. The SMILES string of the molecule is CN(Cc1csc(Br)c1)C(=O)c1ccnc(CN)c1. The lowest BCUT2D eigenvalue weighted by molar-refractivity contribution is 0.0785. The van der Waals surface area contributed by atoms with Gasteiger partial charge in [0, 0.05) is 31.9 Å². The van der Waals surface area contributed by atoms with Crippen molar-refractivity contribution in [2.75, 3.05) is 7.05 Å². The van der Waals surface area contributed by atoms with Gasteiger partial charge in [0.25, 0.3) is 5.91 Å². The smallest absolute Gasteiger partial charge is 0.254 e. The Balaban J connectivity index is 2.09. The number of nitrogens with zero attached hydrogens (tertiary/aromatic N) is 2. The number of rotatable bonds is 4. The Kier molecular flexibility index (Phi) is 4.68. The van der Waals surface area contributed by atoms with E-state index >= 15 is 0 Å². The second-order valence-electron chi connectivity index (χ2n) is 4.16. The van der Waals surface area contributed by atoms with Crippen molar-refractivity contribution in [1.82, 2.24) is 9.88 Å². The molecular weight excluding hydrogens is 326 g/mol. The van der Waals surface area contributed by atoms with Gasteiger partial charge in [-0.3, -0.25) is 9.78 Å². The molecule has 0 aromatic carbocycles. The Hall–Kier alpha value is -1.24. The number of amides is 1. The van der Waals surface area contributed by atoms with E-state index in [0.29, 0.717) is 18.7 Å². The third-order valence-electron chi connectivity index (χ3n) is 2.66. The first kappa shape index (κ1) is 14.2. The molecule has 0 aliphatic carbocycles. The minimum atomic E-state index is -0.0283.